The van der Waals surface area contributed by atoms with Crippen LogP contribution in [0.2, 0.25) is 0 Å². The minimum atomic E-state index is -0.355. The molecule has 2 rings (SSSR count). The molecule has 1 fully saturated rings. The van der Waals surface area contributed by atoms with E-state index < -0.39 is 0 Å². The number of aromatic nitrogens is 2. The van der Waals surface area contributed by atoms with Crippen molar-refractivity contribution in [1.82, 2.24) is 14.7 Å². The normalized spacial score (nSPS) is 17.0. The summed E-state index contributed by atoms with van der Waals surface area (Å²) in [6, 6.07) is 0. The Morgan fingerprint density at radius 3 is 2.45 bits per heavy atom. The Bertz CT molecular complexity index is 476. The van der Waals surface area contributed by atoms with Gasteiger partial charge in [-0.05, 0) is 44.1 Å². The molecule has 5 heteroatoms. The molecule has 1 aromatic heterocycles. The summed E-state index contributed by atoms with van der Waals surface area (Å²) in [4.78, 5) is 14.8. The molecule has 5 nitrogen and oxygen atoms in total. The van der Waals surface area contributed by atoms with Gasteiger partial charge in [0.1, 0.15) is 0 Å². The Morgan fingerprint density at radius 1 is 1.36 bits per heavy atom. The van der Waals surface area contributed by atoms with Gasteiger partial charge in [0.2, 0.25) is 5.91 Å². The van der Waals surface area contributed by atoms with Crippen molar-refractivity contribution in [2.45, 2.75) is 53.0 Å². The molecule has 1 amide bonds. The number of nitrogens with zero attached hydrogens (tertiary/aromatic N) is 3. The van der Waals surface area contributed by atoms with E-state index in [1.165, 1.54) is 5.56 Å². The Labute approximate surface area is 133 Å². The van der Waals surface area contributed by atoms with E-state index in [4.69, 9.17) is 5.73 Å². The van der Waals surface area contributed by atoms with Gasteiger partial charge in [-0.15, -0.1) is 0 Å². The third-order valence-corrected chi connectivity index (χ3v) is 5.31. The lowest BCUT2D eigenvalue weighted by Crippen LogP contribution is -2.50. The highest BCUT2D eigenvalue weighted by Crippen LogP contribution is 2.30. The Morgan fingerprint density at radius 2 is 2.00 bits per heavy atom. The zero-order chi connectivity index (χ0) is 16.2. The molecular formula is C17H30N4O. The first-order valence-electron chi connectivity index (χ1n) is 8.53. The van der Waals surface area contributed by atoms with Crippen molar-refractivity contribution < 1.29 is 4.79 Å². The van der Waals surface area contributed by atoms with Gasteiger partial charge in [0.15, 0.2) is 0 Å². The summed E-state index contributed by atoms with van der Waals surface area (Å²) in [7, 11) is 0. The minimum Gasteiger partial charge on any atom is -0.342 e. The van der Waals surface area contributed by atoms with Crippen LogP contribution in [0.25, 0.3) is 0 Å². The molecule has 0 bridgehead atoms. The van der Waals surface area contributed by atoms with E-state index in [-0.39, 0.29) is 11.3 Å². The monoisotopic (exact) mass is 306 g/mol. The third-order valence-electron chi connectivity index (χ3n) is 5.31. The van der Waals surface area contributed by atoms with Crippen molar-refractivity contribution in [2.24, 2.45) is 17.1 Å². The molecule has 2 N–H and O–H groups in total. The van der Waals surface area contributed by atoms with Crippen LogP contribution >= 0.6 is 0 Å². The van der Waals surface area contributed by atoms with Crippen LogP contribution in [0.1, 0.15) is 45.1 Å². The number of carbonyl (C=O) groups excluding carboxylic acids is 1. The number of amides is 1. The molecule has 0 saturated carbocycles. The second-order valence-corrected chi connectivity index (χ2v) is 6.67. The maximum Gasteiger partial charge on any atom is 0.230 e. The number of nitrogens with two attached hydrogens (primary N) is 1. The predicted molar refractivity (Wildman–Crippen MR) is 88.3 cm³/mol. The van der Waals surface area contributed by atoms with E-state index in [0.29, 0.717) is 12.5 Å². The lowest BCUT2D eigenvalue weighted by atomic mass is 9.80. The molecule has 124 valence electrons. The number of hydrogen-bond acceptors (Lipinski definition) is 3. The Balaban J connectivity index is 1.90. The summed E-state index contributed by atoms with van der Waals surface area (Å²) in [5, 5.41) is 4.36. The molecule has 0 radical (unpaired) electrons. The largest absolute Gasteiger partial charge is 0.342 e. The molecule has 1 saturated heterocycles. The Kier molecular flexibility index (Phi) is 5.62. The van der Waals surface area contributed by atoms with E-state index in [1.54, 1.807) is 0 Å². The molecule has 22 heavy (non-hydrogen) atoms. The molecule has 2 heterocycles. The van der Waals surface area contributed by atoms with Gasteiger partial charge in [-0.25, -0.2) is 0 Å². The molecule has 0 atom stereocenters. The van der Waals surface area contributed by atoms with Gasteiger partial charge in [-0.3, -0.25) is 9.48 Å². The molecular weight excluding hydrogens is 276 g/mol. The topological polar surface area (TPSA) is 64.2 Å². The lowest BCUT2D eigenvalue weighted by molar-refractivity contribution is -0.143. The number of aryl methyl sites for hydroxylation is 1. The van der Waals surface area contributed by atoms with Crippen LogP contribution in [0.4, 0.5) is 0 Å². The van der Waals surface area contributed by atoms with E-state index in [0.717, 1.165) is 45.3 Å². The fraction of sp³-hybridized carbons (Fsp3) is 0.765. The van der Waals surface area contributed by atoms with Gasteiger partial charge < -0.3 is 10.6 Å². The van der Waals surface area contributed by atoms with Crippen LogP contribution in [-0.4, -0.2) is 40.2 Å². The van der Waals surface area contributed by atoms with Gasteiger partial charge in [0, 0.05) is 32.4 Å². The molecule has 0 aliphatic carbocycles. The lowest BCUT2D eigenvalue weighted by Gasteiger charge is -2.39. The molecule has 0 spiro atoms. The summed E-state index contributed by atoms with van der Waals surface area (Å²) in [5.74, 6) is 0.868. The number of likely N-dealkylation sites (tertiary alicyclic amines) is 1. The van der Waals surface area contributed by atoms with Gasteiger partial charge in [-0.2, -0.15) is 5.10 Å². The first-order chi connectivity index (χ1) is 10.5. The highest BCUT2D eigenvalue weighted by molar-refractivity contribution is 5.83. The Hall–Kier alpha value is -1.36. The van der Waals surface area contributed by atoms with E-state index in [1.807, 2.05) is 15.8 Å². The quantitative estimate of drug-likeness (QED) is 0.876. The fourth-order valence-corrected chi connectivity index (χ4v) is 3.41. The van der Waals surface area contributed by atoms with Crippen molar-refractivity contribution in [2.75, 3.05) is 19.6 Å². The van der Waals surface area contributed by atoms with Crippen molar-refractivity contribution in [1.29, 1.82) is 0 Å². The molecule has 0 unspecified atom stereocenters. The highest BCUT2D eigenvalue weighted by Gasteiger charge is 2.38. The fourth-order valence-electron chi connectivity index (χ4n) is 3.41. The van der Waals surface area contributed by atoms with Crippen molar-refractivity contribution in [3.63, 3.8) is 0 Å². The second-order valence-electron chi connectivity index (χ2n) is 6.67. The maximum absolute atomic E-state index is 12.8. The summed E-state index contributed by atoms with van der Waals surface area (Å²) in [5.41, 5.74) is 6.75. The molecule has 1 aliphatic heterocycles. The smallest absolute Gasteiger partial charge is 0.230 e. The standard InChI is InChI=1S/C17H30N4O/c1-4-17(5-2,13-18)16(22)20-8-6-15(7-9-20)12-21-11-14(3)10-19-21/h10-11,15H,4-9,12-13,18H2,1-3H3. The highest BCUT2D eigenvalue weighted by atomic mass is 16.2. The maximum atomic E-state index is 12.8. The van der Waals surface area contributed by atoms with Crippen molar-refractivity contribution >= 4 is 5.91 Å². The summed E-state index contributed by atoms with van der Waals surface area (Å²) in [6.45, 7) is 9.32. The van der Waals surface area contributed by atoms with Crippen LogP contribution < -0.4 is 5.73 Å². The number of hydrogen-bond donors (Lipinski definition) is 1. The van der Waals surface area contributed by atoms with Crippen LogP contribution in [0.15, 0.2) is 12.4 Å². The van der Waals surface area contributed by atoms with Crippen LogP contribution in [0, 0.1) is 18.3 Å². The summed E-state index contributed by atoms with van der Waals surface area (Å²) in [6.07, 6.45) is 7.75. The minimum absolute atomic E-state index is 0.258. The number of rotatable bonds is 6. The van der Waals surface area contributed by atoms with E-state index >= 15 is 0 Å². The summed E-state index contributed by atoms with van der Waals surface area (Å²) < 4.78 is 2.03. The van der Waals surface area contributed by atoms with E-state index in [2.05, 4.69) is 32.1 Å². The first-order valence-corrected chi connectivity index (χ1v) is 8.53. The molecule has 1 aliphatic rings. The van der Waals surface area contributed by atoms with Gasteiger partial charge in [-0.1, -0.05) is 13.8 Å². The van der Waals surface area contributed by atoms with Gasteiger partial charge in [0.25, 0.3) is 0 Å². The first kappa shape index (κ1) is 17.0. The predicted octanol–water partition coefficient (Wildman–Crippen LogP) is 2.20. The number of carbonyl (C=O) groups is 1. The SMILES string of the molecule is CCC(CC)(CN)C(=O)N1CCC(Cn2cc(C)cn2)CC1. The van der Waals surface area contributed by atoms with Crippen LogP contribution in [0.5, 0.6) is 0 Å². The zero-order valence-electron chi connectivity index (χ0n) is 14.2. The van der Waals surface area contributed by atoms with Gasteiger partial charge in [0.05, 0.1) is 11.6 Å². The van der Waals surface area contributed by atoms with E-state index in [9.17, 15) is 4.79 Å². The van der Waals surface area contributed by atoms with Gasteiger partial charge >= 0.3 is 0 Å². The molecule has 0 aromatic carbocycles. The van der Waals surface area contributed by atoms with Crippen LogP contribution in [0.3, 0.4) is 0 Å². The average Bonchev–Trinajstić information content (AvgIpc) is 2.95. The third kappa shape index (κ3) is 3.51. The van der Waals surface area contributed by atoms with Crippen molar-refractivity contribution in [3.05, 3.63) is 18.0 Å². The second kappa shape index (κ2) is 7.27. The summed E-state index contributed by atoms with van der Waals surface area (Å²) >= 11 is 0. The molecule has 1 aromatic rings. The van der Waals surface area contributed by atoms with Crippen LogP contribution in [-0.2, 0) is 11.3 Å². The zero-order valence-corrected chi connectivity index (χ0v) is 14.2. The van der Waals surface area contributed by atoms with Crippen molar-refractivity contribution in [3.8, 4) is 0 Å². The average molecular weight is 306 g/mol. The number of piperidine rings is 1.